The Hall–Kier alpha value is -2.30. The van der Waals surface area contributed by atoms with Crippen molar-refractivity contribution in [2.75, 3.05) is 19.6 Å². The molecule has 1 saturated heterocycles. The van der Waals surface area contributed by atoms with E-state index in [1.807, 2.05) is 0 Å². The van der Waals surface area contributed by atoms with Crippen molar-refractivity contribution in [1.82, 2.24) is 20.4 Å². The maximum Gasteiger partial charge on any atom is 0.405 e. The number of aromatic amines is 1. The van der Waals surface area contributed by atoms with E-state index in [1.165, 1.54) is 6.07 Å². The van der Waals surface area contributed by atoms with Crippen molar-refractivity contribution in [2.24, 2.45) is 0 Å². The number of carbonyl (C=O) groups is 2. The Bertz CT molecular complexity index is 825. The lowest BCUT2D eigenvalue weighted by Crippen LogP contribution is -2.37. The van der Waals surface area contributed by atoms with Crippen LogP contribution in [0.25, 0.3) is 0 Å². The molecule has 0 bridgehead atoms. The largest absolute Gasteiger partial charge is 0.444 e. The molecule has 0 aromatic carbocycles. The summed E-state index contributed by atoms with van der Waals surface area (Å²) in [6, 6.07) is 4.70. The lowest BCUT2D eigenvalue weighted by atomic mass is 9.93. The number of hydrogen-bond donors (Lipinski definition) is 2. The quantitative estimate of drug-likeness (QED) is 0.751. The number of likely N-dealkylation sites (tertiary alicyclic amines) is 1. The van der Waals surface area contributed by atoms with Crippen LogP contribution in [0.15, 0.2) is 27.3 Å². The smallest absolute Gasteiger partial charge is 0.405 e. The maximum atomic E-state index is 12.3. The summed E-state index contributed by atoms with van der Waals surface area (Å²) in [5.41, 5.74) is 0.577. The molecular weight excluding hydrogens is 433 g/mol. The molecule has 0 aliphatic carbocycles. The Balaban J connectivity index is 1.55. The number of rotatable bonds is 4. The van der Waals surface area contributed by atoms with E-state index in [1.54, 1.807) is 22.3 Å². The lowest BCUT2D eigenvalue weighted by Gasteiger charge is -2.30. The molecule has 7 nitrogen and oxygen atoms in total. The molecule has 1 aliphatic rings. The van der Waals surface area contributed by atoms with Crippen molar-refractivity contribution >= 4 is 27.7 Å². The van der Waals surface area contributed by atoms with E-state index in [2.05, 4.69) is 26.1 Å². The molecule has 3 heterocycles. The van der Waals surface area contributed by atoms with E-state index in [0.717, 1.165) is 0 Å². The topological polar surface area (TPSA) is 91.2 Å². The van der Waals surface area contributed by atoms with Crippen molar-refractivity contribution in [1.29, 1.82) is 0 Å². The minimum absolute atomic E-state index is 0.0362. The molecule has 2 aromatic rings. The summed E-state index contributed by atoms with van der Waals surface area (Å²) < 4.78 is 42.3. The van der Waals surface area contributed by atoms with E-state index in [0.29, 0.717) is 36.3 Å². The molecular formula is C16H16BrF3N4O3. The first-order valence-corrected chi connectivity index (χ1v) is 8.97. The summed E-state index contributed by atoms with van der Waals surface area (Å²) in [6.07, 6.45) is -3.20. The molecule has 0 radical (unpaired) electrons. The van der Waals surface area contributed by atoms with Gasteiger partial charge in [0.25, 0.3) is 11.8 Å². The average Bonchev–Trinajstić information content (AvgIpc) is 3.28. The van der Waals surface area contributed by atoms with Crippen molar-refractivity contribution < 1.29 is 27.2 Å². The van der Waals surface area contributed by atoms with Crippen LogP contribution in [-0.4, -0.2) is 52.7 Å². The lowest BCUT2D eigenvalue weighted by molar-refractivity contribution is -0.123. The minimum Gasteiger partial charge on any atom is -0.444 e. The summed E-state index contributed by atoms with van der Waals surface area (Å²) in [5.74, 6) is -0.790. The zero-order valence-electron chi connectivity index (χ0n) is 14.0. The molecule has 0 unspecified atom stereocenters. The Kier molecular flexibility index (Phi) is 5.59. The predicted molar refractivity (Wildman–Crippen MR) is 91.3 cm³/mol. The fourth-order valence-electron chi connectivity index (χ4n) is 2.91. The van der Waals surface area contributed by atoms with Crippen LogP contribution in [0.5, 0.6) is 0 Å². The molecule has 27 heavy (non-hydrogen) atoms. The van der Waals surface area contributed by atoms with Gasteiger partial charge in [0, 0.05) is 24.7 Å². The molecule has 2 amide bonds. The molecule has 0 atom stereocenters. The van der Waals surface area contributed by atoms with Crippen LogP contribution in [-0.2, 0) is 0 Å². The van der Waals surface area contributed by atoms with Gasteiger partial charge in [0.1, 0.15) is 12.2 Å². The van der Waals surface area contributed by atoms with E-state index in [9.17, 15) is 22.8 Å². The number of hydrogen-bond acceptors (Lipinski definition) is 4. The number of alkyl halides is 3. The number of H-pyrrole nitrogens is 1. The molecule has 1 fully saturated rings. The van der Waals surface area contributed by atoms with Gasteiger partial charge in [-0.25, -0.2) is 0 Å². The van der Waals surface area contributed by atoms with Gasteiger partial charge in [-0.15, -0.1) is 0 Å². The summed E-state index contributed by atoms with van der Waals surface area (Å²) in [4.78, 5) is 25.8. The molecule has 2 aromatic heterocycles. The van der Waals surface area contributed by atoms with Crippen molar-refractivity contribution in [3.63, 3.8) is 0 Å². The molecule has 0 saturated carbocycles. The van der Waals surface area contributed by atoms with Crippen LogP contribution in [0.4, 0.5) is 13.2 Å². The number of aromatic nitrogens is 2. The van der Waals surface area contributed by atoms with Gasteiger partial charge in [0.05, 0.1) is 0 Å². The zero-order chi connectivity index (χ0) is 19.6. The normalized spacial score (nSPS) is 15.8. The zero-order valence-corrected chi connectivity index (χ0v) is 15.6. The third-order valence-electron chi connectivity index (χ3n) is 4.29. The van der Waals surface area contributed by atoms with Gasteiger partial charge in [-0.05, 0) is 47.0 Å². The van der Waals surface area contributed by atoms with Crippen LogP contribution in [0, 0.1) is 0 Å². The first-order chi connectivity index (χ1) is 12.7. The van der Waals surface area contributed by atoms with E-state index >= 15 is 0 Å². The number of furan rings is 1. The summed E-state index contributed by atoms with van der Waals surface area (Å²) in [5, 5.41) is 8.29. The van der Waals surface area contributed by atoms with Crippen LogP contribution in [0.1, 0.15) is 45.5 Å². The summed E-state index contributed by atoms with van der Waals surface area (Å²) in [6.45, 7) is -0.412. The molecule has 2 N–H and O–H groups in total. The van der Waals surface area contributed by atoms with E-state index in [-0.39, 0.29) is 23.3 Å². The first-order valence-electron chi connectivity index (χ1n) is 8.18. The van der Waals surface area contributed by atoms with Gasteiger partial charge in [-0.1, -0.05) is 0 Å². The highest BCUT2D eigenvalue weighted by Crippen LogP contribution is 2.28. The maximum absolute atomic E-state index is 12.3. The number of carbonyl (C=O) groups excluding carboxylic acids is 2. The SMILES string of the molecule is O=C(NCC(F)(F)F)c1cc(C2CCN(C(=O)c3ccc(Br)o3)CC2)[nH]n1. The van der Waals surface area contributed by atoms with Gasteiger partial charge < -0.3 is 14.6 Å². The monoisotopic (exact) mass is 448 g/mol. The van der Waals surface area contributed by atoms with Gasteiger partial charge in [0.2, 0.25) is 0 Å². The third kappa shape index (κ3) is 4.90. The molecule has 3 rings (SSSR count). The van der Waals surface area contributed by atoms with Gasteiger partial charge in [-0.3, -0.25) is 14.7 Å². The first kappa shape index (κ1) is 19.5. The highest BCUT2D eigenvalue weighted by molar-refractivity contribution is 9.10. The van der Waals surface area contributed by atoms with Crippen molar-refractivity contribution in [3.8, 4) is 0 Å². The van der Waals surface area contributed by atoms with E-state index < -0.39 is 18.6 Å². The van der Waals surface area contributed by atoms with Gasteiger partial charge in [-0.2, -0.15) is 18.3 Å². The van der Waals surface area contributed by atoms with Crippen molar-refractivity contribution in [3.05, 3.63) is 40.0 Å². The Morgan fingerprint density at radius 3 is 2.63 bits per heavy atom. The fourth-order valence-corrected chi connectivity index (χ4v) is 3.22. The second-order valence-electron chi connectivity index (χ2n) is 6.18. The standard InChI is InChI=1S/C16H16BrF3N4O3/c17-13-2-1-12(27-13)15(26)24-5-3-9(4-6-24)10-7-11(23-22-10)14(25)21-8-16(18,19)20/h1-2,7,9H,3-6,8H2,(H,21,25)(H,22,23). The van der Waals surface area contributed by atoms with E-state index in [4.69, 9.17) is 4.42 Å². The Labute approximate surface area is 160 Å². The molecule has 146 valence electrons. The van der Waals surface area contributed by atoms with Crippen LogP contribution in [0.3, 0.4) is 0 Å². The molecule has 11 heteroatoms. The molecule has 0 spiro atoms. The summed E-state index contributed by atoms with van der Waals surface area (Å²) >= 11 is 3.16. The van der Waals surface area contributed by atoms with Crippen LogP contribution in [0.2, 0.25) is 0 Å². The van der Waals surface area contributed by atoms with Crippen LogP contribution < -0.4 is 5.32 Å². The second-order valence-corrected chi connectivity index (χ2v) is 6.96. The highest BCUT2D eigenvalue weighted by atomic mass is 79.9. The number of piperidine rings is 1. The second kappa shape index (κ2) is 7.75. The molecule has 1 aliphatic heterocycles. The average molecular weight is 449 g/mol. The predicted octanol–water partition coefficient (Wildman–Crippen LogP) is 3.08. The third-order valence-corrected chi connectivity index (χ3v) is 4.71. The van der Waals surface area contributed by atoms with Crippen LogP contribution >= 0.6 is 15.9 Å². The highest BCUT2D eigenvalue weighted by Gasteiger charge is 2.30. The minimum atomic E-state index is -4.47. The number of nitrogens with zero attached hydrogens (tertiary/aromatic N) is 2. The number of halogens is 4. The van der Waals surface area contributed by atoms with Gasteiger partial charge >= 0.3 is 6.18 Å². The fraction of sp³-hybridized carbons (Fsp3) is 0.438. The summed E-state index contributed by atoms with van der Waals surface area (Å²) in [7, 11) is 0. The van der Waals surface area contributed by atoms with Gasteiger partial charge in [0.15, 0.2) is 10.4 Å². The van der Waals surface area contributed by atoms with Crippen molar-refractivity contribution in [2.45, 2.75) is 24.9 Å². The Morgan fingerprint density at radius 2 is 2.04 bits per heavy atom. The Morgan fingerprint density at radius 1 is 1.33 bits per heavy atom. The number of nitrogens with one attached hydrogen (secondary N) is 2. The number of amides is 2.